The minimum Gasteiger partial charge on any atom is -0.543 e. The zero-order valence-electron chi connectivity index (χ0n) is 30.0. The molecule has 2 aliphatic rings. The normalized spacial score (nSPS) is 17.6. The number of carbonyl (C=O) groups excluding carboxylic acids is 5. The summed E-state index contributed by atoms with van der Waals surface area (Å²) in [6.45, 7) is 0.000320. The molecule has 2 aliphatic heterocycles. The van der Waals surface area contributed by atoms with Crippen LogP contribution in [0.1, 0.15) is 36.5 Å². The third kappa shape index (κ3) is 9.22. The van der Waals surface area contributed by atoms with Crippen molar-refractivity contribution in [3.05, 3.63) is 117 Å². The molecular weight excluding hydrogens is 804 g/mol. The molecule has 0 aliphatic carbocycles. The molecule has 0 bridgehead atoms. The second-order valence-electron chi connectivity index (χ2n) is 12.7. The molecule has 3 aromatic carbocycles. The fourth-order valence-corrected chi connectivity index (χ4v) is 9.28. The molecule has 3 aromatic rings. The number of alkyl carbamates (subject to hydrolysis) is 1. The fourth-order valence-electron chi connectivity index (χ4n) is 6.81. The number of rotatable bonds is 15. The van der Waals surface area contributed by atoms with Gasteiger partial charge in [0.1, 0.15) is 24.7 Å². The first-order valence-corrected chi connectivity index (χ1v) is 19.2. The molecule has 5 rings (SSSR count). The number of nitrogens with one attached hydrogen (secondary N) is 2. The van der Waals surface area contributed by atoms with Gasteiger partial charge in [0.25, 0.3) is 5.91 Å². The Morgan fingerprint density at radius 2 is 1.57 bits per heavy atom. The number of carboxylic acid groups (broad SMARTS) is 2. The first kappa shape index (κ1) is 44.3. The molecule has 56 heavy (non-hydrogen) atoms. The van der Waals surface area contributed by atoms with Crippen molar-refractivity contribution in [3.8, 4) is 0 Å². The third-order valence-electron chi connectivity index (χ3n) is 9.25. The Balaban J connectivity index is 0.00000696. The van der Waals surface area contributed by atoms with Crippen LogP contribution in [0.5, 0.6) is 0 Å². The van der Waals surface area contributed by atoms with Gasteiger partial charge in [0, 0.05) is 34.7 Å². The smallest absolute Gasteiger partial charge is 0.543 e. The van der Waals surface area contributed by atoms with E-state index in [1.165, 1.54) is 30.3 Å². The summed E-state index contributed by atoms with van der Waals surface area (Å²) < 4.78 is 37.0. The number of halogens is 2. The molecule has 1 saturated heterocycles. The van der Waals surface area contributed by atoms with E-state index in [2.05, 4.69) is 10.6 Å². The van der Waals surface area contributed by atoms with E-state index in [1.54, 1.807) is 48.5 Å². The Bertz CT molecular complexity index is 2120. The Hall–Kier alpha value is -4.45. The molecule has 19 heteroatoms. The van der Waals surface area contributed by atoms with Crippen molar-refractivity contribution < 1.29 is 86.4 Å². The van der Waals surface area contributed by atoms with Crippen molar-refractivity contribution in [2.24, 2.45) is 5.92 Å². The van der Waals surface area contributed by atoms with Crippen LogP contribution in [0.15, 0.2) is 90.1 Å². The second-order valence-corrected chi connectivity index (χ2v) is 15.6. The number of nitrogens with zero attached hydrogens (tertiary/aromatic N) is 1. The van der Waals surface area contributed by atoms with Crippen molar-refractivity contribution >= 4 is 68.9 Å². The Labute approximate surface area is 353 Å². The number of ether oxygens (including phenoxy) is 2. The number of amides is 3. The Kier molecular flexibility index (Phi) is 14.8. The van der Waals surface area contributed by atoms with E-state index < -0.39 is 92.0 Å². The molecule has 0 saturated carbocycles. The van der Waals surface area contributed by atoms with E-state index in [0.717, 1.165) is 6.92 Å². The summed E-state index contributed by atoms with van der Waals surface area (Å²) in [7, 11) is -4.40. The predicted molar refractivity (Wildman–Crippen MR) is 194 cm³/mol. The van der Waals surface area contributed by atoms with Gasteiger partial charge in [-0.2, -0.15) is 0 Å². The summed E-state index contributed by atoms with van der Waals surface area (Å²) >= 11 is 12.1. The van der Waals surface area contributed by atoms with E-state index in [9.17, 15) is 47.4 Å². The van der Waals surface area contributed by atoms with Crippen LogP contribution in [0.25, 0.3) is 0 Å². The number of hydrogen-bond acceptors (Lipinski definition) is 11. The van der Waals surface area contributed by atoms with E-state index in [0.29, 0.717) is 15.5 Å². The maximum atomic E-state index is 14.5. The number of esters is 1. The van der Waals surface area contributed by atoms with Crippen LogP contribution in [0.4, 0.5) is 4.79 Å². The maximum absolute atomic E-state index is 14.5. The maximum Gasteiger partial charge on any atom is 1.00 e. The Morgan fingerprint density at radius 3 is 2.11 bits per heavy atom. The summed E-state index contributed by atoms with van der Waals surface area (Å²) in [6.07, 6.45) is -1.08. The number of fused-ring (bicyclic) bond motifs is 1. The van der Waals surface area contributed by atoms with Crippen LogP contribution in [0, 0.1) is 5.92 Å². The van der Waals surface area contributed by atoms with Crippen molar-refractivity contribution in [2.45, 2.75) is 43.2 Å². The van der Waals surface area contributed by atoms with E-state index in [1.807, 2.05) is 0 Å². The fraction of sp³-hybridized carbons (Fsp3) is 0.297. The second kappa shape index (κ2) is 18.7. The van der Waals surface area contributed by atoms with Gasteiger partial charge in [0.15, 0.2) is 15.2 Å². The minimum absolute atomic E-state index is 0. The van der Waals surface area contributed by atoms with E-state index in [4.69, 9.17) is 32.7 Å². The molecule has 0 unspecified atom stereocenters. The number of aliphatic carboxylic acids is 2. The summed E-state index contributed by atoms with van der Waals surface area (Å²) in [5.74, 6) is -8.81. The van der Waals surface area contributed by atoms with Crippen molar-refractivity contribution in [3.63, 3.8) is 0 Å². The molecule has 3 N–H and O–H groups in total. The number of carbonyl (C=O) groups is 6. The zero-order valence-corrected chi connectivity index (χ0v) is 34.4. The molecule has 290 valence electrons. The summed E-state index contributed by atoms with van der Waals surface area (Å²) in [6, 6.07) is 18.5. The number of sulfone groups is 1. The Morgan fingerprint density at radius 1 is 0.964 bits per heavy atom. The van der Waals surface area contributed by atoms with Crippen LogP contribution in [-0.4, -0.2) is 84.6 Å². The standard InChI is InChI=1S/C37H35Cl2N3O12S.Na/c1-21(43)53-19-23-20-55(51,52)33-29(32(45)42(33)30(23)34(46)47)41-31(44)27(13-8-16-40-36(50)54-18-22-14-15-26(38)17-28(22)39)37(35(48)49,24-9-4-2-5-10-24)25-11-6-3-7-12-25;/h2-7,9-12,14-15,17,27,29,33H,8,13,16,18-20H2,1H3,(H,40,50)(H,41,44)(H,46,47)(H,48,49);/q;+1/p-1/t27-,29+,33+;/m1./s1. The topological polar surface area (TPSA) is 226 Å². The van der Waals surface area contributed by atoms with Gasteiger partial charge >= 0.3 is 47.6 Å². The summed E-state index contributed by atoms with van der Waals surface area (Å²) in [5, 5.41) is 27.0. The van der Waals surface area contributed by atoms with E-state index >= 15 is 0 Å². The van der Waals surface area contributed by atoms with Gasteiger partial charge in [-0.05, 0) is 36.1 Å². The summed E-state index contributed by atoms with van der Waals surface area (Å²) in [5.41, 5.74) is -2.47. The minimum atomic E-state index is -4.40. The number of β-lactam (4-membered cyclic amide) rings is 1. The van der Waals surface area contributed by atoms with Gasteiger partial charge in [-0.15, -0.1) is 0 Å². The van der Waals surface area contributed by atoms with Crippen LogP contribution in [0.2, 0.25) is 10.0 Å². The first-order chi connectivity index (χ1) is 26.1. The van der Waals surface area contributed by atoms with Crippen molar-refractivity contribution in [2.75, 3.05) is 18.9 Å². The largest absolute Gasteiger partial charge is 1.00 e. The number of carboxylic acids is 2. The van der Waals surface area contributed by atoms with Crippen LogP contribution in [0.3, 0.4) is 0 Å². The SMILES string of the molecule is CC(=O)OCC1=C(C(=O)[O-])N2C(=O)[C@H](NC(=O)[C@@H](CCCNC(=O)OCc3ccc(Cl)cc3Cl)C(C(=O)O)(c3ccccc3)c3ccccc3)[C@@H]2S(=O)(=O)C1.[Na+]. The predicted octanol–water partition coefficient (Wildman–Crippen LogP) is -0.660. The third-order valence-corrected chi connectivity index (χ3v) is 11.8. The molecule has 3 amide bonds. The van der Waals surface area contributed by atoms with E-state index in [-0.39, 0.29) is 71.7 Å². The van der Waals surface area contributed by atoms with Gasteiger partial charge < -0.3 is 35.1 Å². The molecular formula is C37H34Cl2N3NaO12S. The van der Waals surface area contributed by atoms with Gasteiger partial charge in [0.05, 0.1) is 23.3 Å². The average molecular weight is 839 g/mol. The molecule has 0 spiro atoms. The number of benzene rings is 3. The molecule has 2 heterocycles. The molecule has 3 atom stereocenters. The quantitative estimate of drug-likeness (QED) is 0.0751. The van der Waals surface area contributed by atoms with Gasteiger partial charge in [-0.25, -0.2) is 13.2 Å². The monoisotopic (exact) mass is 837 g/mol. The van der Waals surface area contributed by atoms with Gasteiger partial charge in [0.2, 0.25) is 5.91 Å². The van der Waals surface area contributed by atoms with Crippen molar-refractivity contribution in [1.29, 1.82) is 0 Å². The van der Waals surface area contributed by atoms with Crippen molar-refractivity contribution in [1.82, 2.24) is 15.5 Å². The van der Waals surface area contributed by atoms with Gasteiger partial charge in [-0.1, -0.05) is 89.9 Å². The molecule has 0 aromatic heterocycles. The zero-order chi connectivity index (χ0) is 40.1. The molecule has 0 radical (unpaired) electrons. The summed E-state index contributed by atoms with van der Waals surface area (Å²) in [4.78, 5) is 78.2. The first-order valence-electron chi connectivity index (χ1n) is 16.7. The van der Waals surface area contributed by atoms with Gasteiger partial charge in [-0.3, -0.25) is 24.1 Å². The molecule has 15 nitrogen and oxygen atoms in total. The van der Waals surface area contributed by atoms with Crippen LogP contribution >= 0.6 is 23.2 Å². The van der Waals surface area contributed by atoms with Crippen LogP contribution in [-0.2, 0) is 55.3 Å². The van der Waals surface area contributed by atoms with Crippen LogP contribution < -0.4 is 45.3 Å². The molecule has 1 fully saturated rings. The average Bonchev–Trinajstić information content (AvgIpc) is 3.13. The number of hydrogen-bond donors (Lipinski definition) is 3.